The number of amides is 1. The Morgan fingerprint density at radius 2 is 1.95 bits per heavy atom. The van der Waals surface area contributed by atoms with Crippen LogP contribution in [0.4, 0.5) is 0 Å². The third kappa shape index (κ3) is 4.00. The van der Waals surface area contributed by atoms with Crippen LogP contribution >= 0.6 is 0 Å². The van der Waals surface area contributed by atoms with E-state index in [4.69, 9.17) is 0 Å². The summed E-state index contributed by atoms with van der Waals surface area (Å²) in [6.07, 6.45) is 10.1. The maximum atomic E-state index is 12.8. The largest absolute Gasteiger partial charge is 0.325 e. The van der Waals surface area contributed by atoms with Crippen molar-refractivity contribution in [2.75, 3.05) is 6.54 Å². The molecule has 2 fully saturated rings. The number of hydrogen-bond acceptors (Lipinski definition) is 2. The number of nitrogens with one attached hydrogen (secondary N) is 1. The molecule has 3 heteroatoms. The standard InChI is InChI=1S/C18H34N2O/c1-5-6-10-15-17(21)20(16(19-15)14(2)3)13-18(4)11-8-7-9-12-18/h14-16,19H,5-13H2,1-4H3. The van der Waals surface area contributed by atoms with Gasteiger partial charge in [-0.2, -0.15) is 0 Å². The highest BCUT2D eigenvalue weighted by Crippen LogP contribution is 2.38. The number of hydrogen-bond donors (Lipinski definition) is 1. The molecule has 0 bridgehead atoms. The summed E-state index contributed by atoms with van der Waals surface area (Å²) >= 11 is 0. The molecule has 3 nitrogen and oxygen atoms in total. The van der Waals surface area contributed by atoms with Crippen LogP contribution in [0.15, 0.2) is 0 Å². The Labute approximate surface area is 130 Å². The van der Waals surface area contributed by atoms with Gasteiger partial charge in [0.05, 0.1) is 12.2 Å². The maximum absolute atomic E-state index is 12.8. The minimum atomic E-state index is 0.0598. The molecule has 2 atom stereocenters. The molecule has 1 aliphatic heterocycles. The number of unbranched alkanes of at least 4 members (excludes halogenated alkanes) is 1. The van der Waals surface area contributed by atoms with Crippen LogP contribution in [0.1, 0.15) is 79.1 Å². The first kappa shape index (κ1) is 16.8. The molecule has 1 amide bonds. The van der Waals surface area contributed by atoms with E-state index in [0.29, 0.717) is 17.2 Å². The van der Waals surface area contributed by atoms with Gasteiger partial charge in [-0.3, -0.25) is 10.1 Å². The zero-order chi connectivity index (χ0) is 15.5. The third-order valence-corrected chi connectivity index (χ3v) is 5.38. The Hall–Kier alpha value is -0.570. The molecule has 1 N–H and O–H groups in total. The van der Waals surface area contributed by atoms with Crippen molar-refractivity contribution >= 4 is 5.91 Å². The highest BCUT2D eigenvalue weighted by molar-refractivity contribution is 5.84. The van der Waals surface area contributed by atoms with Gasteiger partial charge in [0, 0.05) is 6.54 Å². The maximum Gasteiger partial charge on any atom is 0.241 e. The molecule has 0 aromatic rings. The van der Waals surface area contributed by atoms with Crippen LogP contribution in [0.3, 0.4) is 0 Å². The molecular weight excluding hydrogens is 260 g/mol. The van der Waals surface area contributed by atoms with E-state index < -0.39 is 0 Å². The predicted octanol–water partition coefficient (Wildman–Crippen LogP) is 3.93. The van der Waals surface area contributed by atoms with Crippen molar-refractivity contribution in [3.63, 3.8) is 0 Å². The summed E-state index contributed by atoms with van der Waals surface area (Å²) in [6.45, 7) is 9.98. The molecule has 2 unspecified atom stereocenters. The average molecular weight is 294 g/mol. The molecular formula is C18H34N2O. The van der Waals surface area contributed by atoms with E-state index in [-0.39, 0.29) is 12.2 Å². The van der Waals surface area contributed by atoms with Crippen molar-refractivity contribution in [2.45, 2.75) is 91.3 Å². The van der Waals surface area contributed by atoms with Crippen LogP contribution in [0.2, 0.25) is 0 Å². The lowest BCUT2D eigenvalue weighted by Gasteiger charge is -2.39. The van der Waals surface area contributed by atoms with E-state index in [9.17, 15) is 4.79 Å². The van der Waals surface area contributed by atoms with Crippen molar-refractivity contribution < 1.29 is 4.79 Å². The Morgan fingerprint density at radius 1 is 1.29 bits per heavy atom. The minimum absolute atomic E-state index is 0.0598. The van der Waals surface area contributed by atoms with E-state index in [1.807, 2.05) is 0 Å². The first-order valence-corrected chi connectivity index (χ1v) is 9.03. The Bertz CT molecular complexity index is 347. The number of carbonyl (C=O) groups is 1. The topological polar surface area (TPSA) is 32.3 Å². The zero-order valence-corrected chi connectivity index (χ0v) is 14.5. The zero-order valence-electron chi connectivity index (χ0n) is 14.5. The Balaban J connectivity index is 2.05. The molecule has 1 saturated heterocycles. The molecule has 0 aromatic carbocycles. The lowest BCUT2D eigenvalue weighted by Crippen LogP contribution is -2.46. The van der Waals surface area contributed by atoms with Gasteiger partial charge in [-0.25, -0.2) is 0 Å². The van der Waals surface area contributed by atoms with E-state index in [2.05, 4.69) is 37.9 Å². The summed E-state index contributed by atoms with van der Waals surface area (Å²) < 4.78 is 0. The summed E-state index contributed by atoms with van der Waals surface area (Å²) in [5.74, 6) is 0.835. The molecule has 1 saturated carbocycles. The van der Waals surface area contributed by atoms with Crippen LogP contribution in [-0.2, 0) is 4.79 Å². The van der Waals surface area contributed by atoms with Gasteiger partial charge < -0.3 is 4.90 Å². The predicted molar refractivity (Wildman–Crippen MR) is 88.0 cm³/mol. The lowest BCUT2D eigenvalue weighted by molar-refractivity contribution is -0.132. The summed E-state index contributed by atoms with van der Waals surface area (Å²) in [5, 5.41) is 3.61. The fraction of sp³-hybridized carbons (Fsp3) is 0.944. The first-order valence-electron chi connectivity index (χ1n) is 9.03. The summed E-state index contributed by atoms with van der Waals surface area (Å²) in [6, 6.07) is 0.0598. The normalized spacial score (nSPS) is 29.4. The van der Waals surface area contributed by atoms with Gasteiger partial charge in [-0.05, 0) is 30.6 Å². The second-order valence-corrected chi connectivity index (χ2v) is 7.89. The van der Waals surface area contributed by atoms with Crippen LogP contribution in [0.25, 0.3) is 0 Å². The molecule has 2 aliphatic rings. The number of carbonyl (C=O) groups excluding carboxylic acids is 1. The van der Waals surface area contributed by atoms with E-state index in [1.54, 1.807) is 0 Å². The summed E-state index contributed by atoms with van der Waals surface area (Å²) in [7, 11) is 0. The van der Waals surface area contributed by atoms with Crippen LogP contribution in [0.5, 0.6) is 0 Å². The lowest BCUT2D eigenvalue weighted by atomic mass is 9.75. The quantitative estimate of drug-likeness (QED) is 0.805. The smallest absolute Gasteiger partial charge is 0.241 e. The van der Waals surface area contributed by atoms with Crippen LogP contribution in [0, 0.1) is 11.3 Å². The highest BCUT2D eigenvalue weighted by atomic mass is 16.2. The molecule has 0 aromatic heterocycles. The van der Waals surface area contributed by atoms with Crippen molar-refractivity contribution in [3.8, 4) is 0 Å². The van der Waals surface area contributed by atoms with Gasteiger partial charge >= 0.3 is 0 Å². The van der Waals surface area contributed by atoms with Crippen molar-refractivity contribution in [1.29, 1.82) is 0 Å². The minimum Gasteiger partial charge on any atom is -0.325 e. The monoisotopic (exact) mass is 294 g/mol. The number of rotatable bonds is 6. The van der Waals surface area contributed by atoms with Crippen LogP contribution in [-0.4, -0.2) is 29.6 Å². The molecule has 2 rings (SSSR count). The van der Waals surface area contributed by atoms with E-state index >= 15 is 0 Å². The van der Waals surface area contributed by atoms with E-state index in [1.165, 1.54) is 32.1 Å². The number of nitrogens with zero attached hydrogens (tertiary/aromatic N) is 1. The first-order chi connectivity index (χ1) is 9.97. The van der Waals surface area contributed by atoms with Crippen LogP contribution < -0.4 is 5.32 Å². The Kier molecular flexibility index (Phi) is 5.70. The third-order valence-electron chi connectivity index (χ3n) is 5.38. The summed E-state index contributed by atoms with van der Waals surface area (Å²) in [5.41, 5.74) is 0.336. The highest BCUT2D eigenvalue weighted by Gasteiger charge is 2.42. The van der Waals surface area contributed by atoms with Gasteiger partial charge in [0.2, 0.25) is 5.91 Å². The molecule has 21 heavy (non-hydrogen) atoms. The Morgan fingerprint density at radius 3 is 2.52 bits per heavy atom. The molecule has 1 aliphatic carbocycles. The molecule has 0 radical (unpaired) electrons. The van der Waals surface area contributed by atoms with Gasteiger partial charge in [-0.1, -0.05) is 59.8 Å². The van der Waals surface area contributed by atoms with Crippen molar-refractivity contribution in [3.05, 3.63) is 0 Å². The molecule has 1 heterocycles. The van der Waals surface area contributed by atoms with Crippen molar-refractivity contribution in [1.82, 2.24) is 10.2 Å². The SMILES string of the molecule is CCCCC1NC(C(C)C)N(CC2(C)CCCCC2)C1=O. The van der Waals surface area contributed by atoms with Crippen molar-refractivity contribution in [2.24, 2.45) is 11.3 Å². The van der Waals surface area contributed by atoms with E-state index in [0.717, 1.165) is 25.8 Å². The molecule has 0 spiro atoms. The summed E-state index contributed by atoms with van der Waals surface area (Å²) in [4.78, 5) is 15.0. The second-order valence-electron chi connectivity index (χ2n) is 7.89. The van der Waals surface area contributed by atoms with Gasteiger partial charge in [0.1, 0.15) is 0 Å². The van der Waals surface area contributed by atoms with Gasteiger partial charge in [0.25, 0.3) is 0 Å². The average Bonchev–Trinajstić information content (AvgIpc) is 2.74. The van der Waals surface area contributed by atoms with Gasteiger partial charge in [0.15, 0.2) is 0 Å². The fourth-order valence-corrected chi connectivity index (χ4v) is 4.02. The molecule has 122 valence electrons. The second kappa shape index (κ2) is 7.13. The fourth-order valence-electron chi connectivity index (χ4n) is 4.02. The van der Waals surface area contributed by atoms with Gasteiger partial charge in [-0.15, -0.1) is 0 Å².